The minimum Gasteiger partial charge on any atom is -0.497 e. The summed E-state index contributed by atoms with van der Waals surface area (Å²) in [6.07, 6.45) is -1.32. The van der Waals surface area contributed by atoms with Crippen molar-refractivity contribution in [2.45, 2.75) is 6.10 Å². The summed E-state index contributed by atoms with van der Waals surface area (Å²) >= 11 is 0. The van der Waals surface area contributed by atoms with Crippen molar-refractivity contribution in [3.63, 3.8) is 0 Å². The van der Waals surface area contributed by atoms with Crippen LogP contribution in [0.1, 0.15) is 22.0 Å². The van der Waals surface area contributed by atoms with Gasteiger partial charge in [0.15, 0.2) is 0 Å². The van der Waals surface area contributed by atoms with Crippen LogP contribution >= 0.6 is 0 Å². The molecule has 1 aromatic carbocycles. The Kier molecular flexibility index (Phi) is 2.63. The standard InChI is InChI=1S/C11H10O6/c1-15-5-3-6-8(7(4-5)16-2)9(10(12)13)17-11(6)14/h3-4,9H,1-2H3,(H,12,13). The Morgan fingerprint density at radius 3 is 2.59 bits per heavy atom. The first kappa shape index (κ1) is 11.3. The summed E-state index contributed by atoms with van der Waals surface area (Å²) in [4.78, 5) is 22.5. The van der Waals surface area contributed by atoms with E-state index in [0.29, 0.717) is 5.75 Å². The van der Waals surface area contributed by atoms with E-state index in [1.807, 2.05) is 0 Å². The van der Waals surface area contributed by atoms with E-state index >= 15 is 0 Å². The molecule has 1 unspecified atom stereocenters. The second kappa shape index (κ2) is 3.97. The lowest BCUT2D eigenvalue weighted by atomic mass is 10.0. The lowest BCUT2D eigenvalue weighted by molar-refractivity contribution is -0.146. The summed E-state index contributed by atoms with van der Waals surface area (Å²) in [5.74, 6) is -1.26. The molecular weight excluding hydrogens is 228 g/mol. The van der Waals surface area contributed by atoms with Gasteiger partial charge >= 0.3 is 11.9 Å². The van der Waals surface area contributed by atoms with Gasteiger partial charge in [-0.1, -0.05) is 0 Å². The zero-order chi connectivity index (χ0) is 12.6. The van der Waals surface area contributed by atoms with E-state index in [1.165, 1.54) is 26.4 Å². The number of rotatable bonds is 3. The highest BCUT2D eigenvalue weighted by Crippen LogP contribution is 2.40. The predicted octanol–water partition coefficient (Wildman–Crippen LogP) is 1.000. The number of benzene rings is 1. The Balaban J connectivity index is 2.63. The van der Waals surface area contributed by atoms with Crippen LogP contribution in [0.4, 0.5) is 0 Å². The third-order valence-corrected chi connectivity index (χ3v) is 2.50. The number of carboxylic acid groups (broad SMARTS) is 1. The van der Waals surface area contributed by atoms with Crippen molar-refractivity contribution in [2.75, 3.05) is 14.2 Å². The second-order valence-electron chi connectivity index (χ2n) is 3.41. The average Bonchev–Trinajstić information content (AvgIpc) is 2.66. The molecule has 0 aliphatic carbocycles. The Morgan fingerprint density at radius 2 is 2.06 bits per heavy atom. The third-order valence-electron chi connectivity index (χ3n) is 2.50. The van der Waals surface area contributed by atoms with E-state index in [1.54, 1.807) is 0 Å². The Bertz CT molecular complexity index is 493. The maximum atomic E-state index is 11.5. The molecule has 1 heterocycles. The number of carbonyl (C=O) groups is 2. The maximum absolute atomic E-state index is 11.5. The zero-order valence-corrected chi connectivity index (χ0v) is 9.22. The third kappa shape index (κ3) is 1.67. The highest BCUT2D eigenvalue weighted by Gasteiger charge is 2.39. The molecule has 0 spiro atoms. The minimum atomic E-state index is -1.32. The molecule has 0 saturated carbocycles. The van der Waals surface area contributed by atoms with Crippen LogP contribution in [0.5, 0.6) is 11.5 Å². The summed E-state index contributed by atoms with van der Waals surface area (Å²) in [6, 6.07) is 2.94. The lowest BCUT2D eigenvalue weighted by Gasteiger charge is -2.10. The molecule has 1 aliphatic rings. The van der Waals surface area contributed by atoms with E-state index < -0.39 is 18.0 Å². The van der Waals surface area contributed by atoms with Crippen molar-refractivity contribution in [3.05, 3.63) is 23.3 Å². The second-order valence-corrected chi connectivity index (χ2v) is 3.41. The molecule has 0 aromatic heterocycles. The topological polar surface area (TPSA) is 82.1 Å². The largest absolute Gasteiger partial charge is 0.497 e. The number of fused-ring (bicyclic) bond motifs is 1. The van der Waals surface area contributed by atoms with Gasteiger partial charge in [-0.3, -0.25) is 0 Å². The lowest BCUT2D eigenvalue weighted by Crippen LogP contribution is -2.11. The molecule has 0 fully saturated rings. The molecule has 1 N–H and O–H groups in total. The number of esters is 1. The first-order valence-electron chi connectivity index (χ1n) is 4.78. The van der Waals surface area contributed by atoms with Crippen molar-refractivity contribution in [1.82, 2.24) is 0 Å². The molecule has 0 radical (unpaired) electrons. The smallest absolute Gasteiger partial charge is 0.349 e. The van der Waals surface area contributed by atoms with E-state index in [4.69, 9.17) is 19.3 Å². The van der Waals surface area contributed by atoms with Crippen LogP contribution in [0.2, 0.25) is 0 Å². The number of hydrogen-bond acceptors (Lipinski definition) is 5. The van der Waals surface area contributed by atoms with Gasteiger partial charge in [-0.2, -0.15) is 0 Å². The maximum Gasteiger partial charge on any atom is 0.349 e. The molecule has 0 amide bonds. The SMILES string of the molecule is COc1cc(OC)c2c(c1)C(=O)OC2C(=O)O. The molecule has 2 rings (SSSR count). The van der Waals surface area contributed by atoms with Crippen molar-refractivity contribution in [1.29, 1.82) is 0 Å². The Morgan fingerprint density at radius 1 is 1.35 bits per heavy atom. The number of hydrogen-bond donors (Lipinski definition) is 1. The van der Waals surface area contributed by atoms with E-state index in [-0.39, 0.29) is 16.9 Å². The molecule has 6 heteroatoms. The molecule has 90 valence electrons. The number of aliphatic carboxylic acids is 1. The molecule has 0 saturated heterocycles. The van der Waals surface area contributed by atoms with Crippen LogP contribution in [-0.4, -0.2) is 31.3 Å². The molecule has 1 aromatic rings. The van der Waals surface area contributed by atoms with Crippen molar-refractivity contribution >= 4 is 11.9 Å². The van der Waals surface area contributed by atoms with Gasteiger partial charge in [0.1, 0.15) is 11.5 Å². The molecule has 17 heavy (non-hydrogen) atoms. The van der Waals surface area contributed by atoms with Crippen LogP contribution < -0.4 is 9.47 Å². The number of cyclic esters (lactones) is 1. The van der Waals surface area contributed by atoms with Crippen molar-refractivity contribution in [3.8, 4) is 11.5 Å². The normalized spacial score (nSPS) is 17.3. The molecule has 0 bridgehead atoms. The molecule has 1 atom stereocenters. The molecular formula is C11H10O6. The summed E-state index contributed by atoms with van der Waals surface area (Å²) in [5, 5.41) is 8.96. The fraction of sp³-hybridized carbons (Fsp3) is 0.273. The summed E-state index contributed by atoms with van der Waals surface area (Å²) in [6.45, 7) is 0. The Labute approximate surface area is 96.7 Å². The molecule has 6 nitrogen and oxygen atoms in total. The van der Waals surface area contributed by atoms with E-state index in [2.05, 4.69) is 0 Å². The molecule has 1 aliphatic heterocycles. The van der Waals surface area contributed by atoms with Gasteiger partial charge in [-0.05, 0) is 6.07 Å². The highest BCUT2D eigenvalue weighted by atomic mass is 16.6. The summed E-state index contributed by atoms with van der Waals surface area (Å²) in [7, 11) is 2.83. The number of carbonyl (C=O) groups excluding carboxylic acids is 1. The van der Waals surface area contributed by atoms with Crippen molar-refractivity contribution in [2.24, 2.45) is 0 Å². The van der Waals surface area contributed by atoms with Crippen molar-refractivity contribution < 1.29 is 28.9 Å². The van der Waals surface area contributed by atoms with Crippen LogP contribution in [-0.2, 0) is 9.53 Å². The number of carboxylic acids is 1. The van der Waals surface area contributed by atoms with Gasteiger partial charge < -0.3 is 19.3 Å². The number of ether oxygens (including phenoxy) is 3. The first-order valence-corrected chi connectivity index (χ1v) is 4.78. The highest BCUT2D eigenvalue weighted by molar-refractivity contribution is 5.99. The summed E-state index contributed by atoms with van der Waals surface area (Å²) < 4.78 is 14.8. The van der Waals surface area contributed by atoms with Crippen LogP contribution in [0.15, 0.2) is 12.1 Å². The van der Waals surface area contributed by atoms with Crippen LogP contribution in [0.3, 0.4) is 0 Å². The first-order chi connectivity index (χ1) is 8.08. The minimum absolute atomic E-state index is 0.161. The van der Waals surface area contributed by atoms with E-state index in [0.717, 1.165) is 0 Å². The fourth-order valence-electron chi connectivity index (χ4n) is 1.73. The fourth-order valence-corrected chi connectivity index (χ4v) is 1.73. The average molecular weight is 238 g/mol. The monoisotopic (exact) mass is 238 g/mol. The zero-order valence-electron chi connectivity index (χ0n) is 9.22. The Hall–Kier alpha value is -2.24. The van der Waals surface area contributed by atoms with Gasteiger partial charge in [-0.25, -0.2) is 9.59 Å². The summed E-state index contributed by atoms with van der Waals surface area (Å²) in [5.41, 5.74) is 0.388. The van der Waals surface area contributed by atoms with Gasteiger partial charge in [0.05, 0.1) is 25.3 Å². The quantitative estimate of drug-likeness (QED) is 0.791. The van der Waals surface area contributed by atoms with E-state index in [9.17, 15) is 9.59 Å². The van der Waals surface area contributed by atoms with Gasteiger partial charge in [-0.15, -0.1) is 0 Å². The van der Waals surface area contributed by atoms with Gasteiger partial charge in [0, 0.05) is 6.07 Å². The van der Waals surface area contributed by atoms with Crippen LogP contribution in [0, 0.1) is 0 Å². The van der Waals surface area contributed by atoms with Gasteiger partial charge in [0.2, 0.25) is 6.10 Å². The van der Waals surface area contributed by atoms with Crippen LogP contribution in [0.25, 0.3) is 0 Å². The van der Waals surface area contributed by atoms with Gasteiger partial charge in [0.25, 0.3) is 0 Å². The number of methoxy groups -OCH3 is 2. The predicted molar refractivity (Wildman–Crippen MR) is 55.3 cm³/mol.